The van der Waals surface area contributed by atoms with Crippen molar-refractivity contribution < 1.29 is 9.21 Å². The molecule has 0 saturated heterocycles. The third kappa shape index (κ3) is 3.65. The molecule has 4 aromatic rings. The Hall–Kier alpha value is -3.33. The molecule has 3 heteroatoms. The number of likely N-dealkylation sites (N-methyl/N-ethyl adjacent to an activating group) is 1. The zero-order valence-corrected chi connectivity index (χ0v) is 18.0. The van der Waals surface area contributed by atoms with E-state index in [1.54, 1.807) is 6.26 Å². The van der Waals surface area contributed by atoms with E-state index in [4.69, 9.17) is 4.42 Å². The molecule has 1 aliphatic carbocycles. The molecular weight excluding hydrogens is 382 g/mol. The highest BCUT2D eigenvalue weighted by Crippen LogP contribution is 2.46. The summed E-state index contributed by atoms with van der Waals surface area (Å²) in [6.45, 7) is 2.12. The molecule has 0 spiro atoms. The average Bonchev–Trinajstić information content (AvgIpc) is 3.39. The molecule has 5 rings (SSSR count). The van der Waals surface area contributed by atoms with Gasteiger partial charge in [-0.2, -0.15) is 0 Å². The van der Waals surface area contributed by atoms with Crippen LogP contribution in [0.5, 0.6) is 0 Å². The van der Waals surface area contributed by atoms with Crippen LogP contribution < -0.4 is 0 Å². The van der Waals surface area contributed by atoms with Gasteiger partial charge in [0.1, 0.15) is 5.58 Å². The van der Waals surface area contributed by atoms with Crippen molar-refractivity contribution in [1.82, 2.24) is 4.90 Å². The minimum absolute atomic E-state index is 0.139. The summed E-state index contributed by atoms with van der Waals surface area (Å²) in [5.41, 5.74) is 7.44. The van der Waals surface area contributed by atoms with Crippen molar-refractivity contribution in [2.45, 2.75) is 38.1 Å². The molecule has 3 nitrogen and oxygen atoms in total. The largest absolute Gasteiger partial charge is 0.464 e. The van der Waals surface area contributed by atoms with Crippen LogP contribution in [0.25, 0.3) is 22.1 Å². The second-order valence-corrected chi connectivity index (χ2v) is 8.62. The Morgan fingerprint density at radius 2 is 1.65 bits per heavy atom. The lowest BCUT2D eigenvalue weighted by Crippen LogP contribution is -2.36. The zero-order valence-electron chi connectivity index (χ0n) is 18.0. The number of furan rings is 1. The summed E-state index contributed by atoms with van der Waals surface area (Å²) in [5, 5.41) is 1.11. The van der Waals surface area contributed by atoms with Crippen LogP contribution in [-0.2, 0) is 11.2 Å². The molecule has 0 unspecified atom stereocenters. The Morgan fingerprint density at radius 3 is 2.35 bits per heavy atom. The highest BCUT2D eigenvalue weighted by molar-refractivity contribution is 5.80. The summed E-state index contributed by atoms with van der Waals surface area (Å²) in [6.07, 6.45) is 3.94. The van der Waals surface area contributed by atoms with Gasteiger partial charge in [0, 0.05) is 30.8 Å². The first-order chi connectivity index (χ1) is 15.1. The van der Waals surface area contributed by atoms with Crippen LogP contribution in [0.1, 0.15) is 42.4 Å². The standard InChI is InChI=1S/C28H27NO2/c1-19(17-20-11-13-27-21(18-20)15-16-31-27)29(2)28(30)14-12-26-24-9-5-3-7-22(24)23-8-4-6-10-25(23)26/h3-11,13,15-16,18-19,26H,12,14,17H2,1-2H3/t19-/m1/s1. The van der Waals surface area contributed by atoms with Crippen molar-refractivity contribution in [3.63, 3.8) is 0 Å². The zero-order chi connectivity index (χ0) is 21.4. The Morgan fingerprint density at radius 1 is 0.968 bits per heavy atom. The molecule has 0 N–H and O–H groups in total. The Bertz CT molecular complexity index is 1190. The Balaban J connectivity index is 1.26. The minimum atomic E-state index is 0.139. The van der Waals surface area contributed by atoms with Gasteiger partial charge in [0.15, 0.2) is 0 Å². The van der Waals surface area contributed by atoms with Gasteiger partial charge >= 0.3 is 0 Å². The normalized spacial score (nSPS) is 13.7. The van der Waals surface area contributed by atoms with E-state index < -0.39 is 0 Å². The number of rotatable bonds is 6. The van der Waals surface area contributed by atoms with Crippen molar-refractivity contribution in [3.8, 4) is 11.1 Å². The van der Waals surface area contributed by atoms with E-state index in [0.717, 1.165) is 23.8 Å². The monoisotopic (exact) mass is 409 g/mol. The van der Waals surface area contributed by atoms with Gasteiger partial charge in [-0.25, -0.2) is 0 Å². The van der Waals surface area contributed by atoms with Gasteiger partial charge in [-0.15, -0.1) is 0 Å². The fourth-order valence-corrected chi connectivity index (χ4v) is 4.88. The molecule has 1 heterocycles. The number of carbonyl (C=O) groups is 1. The number of hydrogen-bond donors (Lipinski definition) is 0. The second kappa shape index (κ2) is 8.07. The Labute approximate surface area is 183 Å². The van der Waals surface area contributed by atoms with E-state index in [-0.39, 0.29) is 11.9 Å². The van der Waals surface area contributed by atoms with Crippen molar-refractivity contribution in [2.75, 3.05) is 7.05 Å². The first-order valence-corrected chi connectivity index (χ1v) is 11.0. The lowest BCUT2D eigenvalue weighted by Gasteiger charge is -2.26. The van der Waals surface area contributed by atoms with Crippen LogP contribution in [0.4, 0.5) is 0 Å². The maximum atomic E-state index is 13.0. The van der Waals surface area contributed by atoms with Crippen LogP contribution in [-0.4, -0.2) is 23.9 Å². The number of hydrogen-bond acceptors (Lipinski definition) is 2. The number of nitrogens with zero attached hydrogens (tertiary/aromatic N) is 1. The van der Waals surface area contributed by atoms with E-state index in [9.17, 15) is 4.79 Å². The molecule has 1 aromatic heterocycles. The van der Waals surface area contributed by atoms with Gasteiger partial charge in [0.25, 0.3) is 0 Å². The number of fused-ring (bicyclic) bond motifs is 4. The summed E-state index contributed by atoms with van der Waals surface area (Å²) in [7, 11) is 1.93. The van der Waals surface area contributed by atoms with Crippen molar-refractivity contribution >= 4 is 16.9 Å². The van der Waals surface area contributed by atoms with Gasteiger partial charge in [0.05, 0.1) is 6.26 Å². The molecule has 0 saturated carbocycles. The number of carbonyl (C=O) groups excluding carboxylic acids is 1. The summed E-state index contributed by atoms with van der Waals surface area (Å²) in [4.78, 5) is 14.9. The highest BCUT2D eigenvalue weighted by atomic mass is 16.3. The first kappa shape index (κ1) is 19.6. The fraction of sp³-hybridized carbons (Fsp3) is 0.250. The Kier molecular flexibility index (Phi) is 5.11. The van der Waals surface area contributed by atoms with E-state index >= 15 is 0 Å². The van der Waals surface area contributed by atoms with Crippen LogP contribution >= 0.6 is 0 Å². The topological polar surface area (TPSA) is 33.5 Å². The molecule has 156 valence electrons. The summed E-state index contributed by atoms with van der Waals surface area (Å²) in [6, 6.07) is 25.6. The smallest absolute Gasteiger partial charge is 0.222 e. The van der Waals surface area contributed by atoms with E-state index in [2.05, 4.69) is 67.6 Å². The predicted molar refractivity (Wildman–Crippen MR) is 125 cm³/mol. The number of benzene rings is 3. The molecule has 1 amide bonds. The fourth-order valence-electron chi connectivity index (χ4n) is 4.88. The van der Waals surface area contributed by atoms with Crippen molar-refractivity contribution in [3.05, 3.63) is 95.7 Å². The van der Waals surface area contributed by atoms with E-state index in [1.165, 1.54) is 27.8 Å². The minimum Gasteiger partial charge on any atom is -0.464 e. The van der Waals surface area contributed by atoms with E-state index in [0.29, 0.717) is 12.3 Å². The molecule has 0 radical (unpaired) electrons. The van der Waals surface area contributed by atoms with Crippen LogP contribution in [0.2, 0.25) is 0 Å². The van der Waals surface area contributed by atoms with Crippen molar-refractivity contribution in [2.24, 2.45) is 0 Å². The SMILES string of the molecule is C[C@H](Cc1ccc2occc2c1)N(C)C(=O)CCC1c2ccccc2-c2ccccc21. The van der Waals surface area contributed by atoms with Gasteiger partial charge in [-0.05, 0) is 65.8 Å². The molecule has 31 heavy (non-hydrogen) atoms. The third-order valence-corrected chi connectivity index (χ3v) is 6.71. The van der Waals surface area contributed by atoms with Gasteiger partial charge in [-0.3, -0.25) is 4.79 Å². The van der Waals surface area contributed by atoms with E-state index in [1.807, 2.05) is 24.1 Å². The molecule has 0 fully saturated rings. The second-order valence-electron chi connectivity index (χ2n) is 8.62. The molecule has 1 atom stereocenters. The highest BCUT2D eigenvalue weighted by Gasteiger charge is 2.28. The summed E-state index contributed by atoms with van der Waals surface area (Å²) >= 11 is 0. The first-order valence-electron chi connectivity index (χ1n) is 11.0. The maximum Gasteiger partial charge on any atom is 0.222 e. The van der Waals surface area contributed by atoms with Crippen LogP contribution in [0.3, 0.4) is 0 Å². The third-order valence-electron chi connectivity index (χ3n) is 6.71. The maximum absolute atomic E-state index is 13.0. The van der Waals surface area contributed by atoms with Crippen molar-refractivity contribution in [1.29, 1.82) is 0 Å². The molecule has 0 aliphatic heterocycles. The molecule has 1 aliphatic rings. The number of amides is 1. The van der Waals surface area contributed by atoms with Gasteiger partial charge < -0.3 is 9.32 Å². The quantitative estimate of drug-likeness (QED) is 0.368. The van der Waals surface area contributed by atoms with Crippen LogP contribution in [0.15, 0.2) is 83.5 Å². The van der Waals surface area contributed by atoms with Gasteiger partial charge in [-0.1, -0.05) is 54.6 Å². The summed E-state index contributed by atoms with van der Waals surface area (Å²) in [5.74, 6) is 0.502. The lowest BCUT2D eigenvalue weighted by molar-refractivity contribution is -0.131. The molecular formula is C28H27NO2. The van der Waals surface area contributed by atoms with Crippen LogP contribution in [0, 0.1) is 0 Å². The molecule has 3 aromatic carbocycles. The lowest BCUT2D eigenvalue weighted by atomic mass is 9.92. The average molecular weight is 410 g/mol. The van der Waals surface area contributed by atoms with Gasteiger partial charge in [0.2, 0.25) is 5.91 Å². The molecule has 0 bridgehead atoms. The summed E-state index contributed by atoms with van der Waals surface area (Å²) < 4.78 is 5.43. The predicted octanol–water partition coefficient (Wildman–Crippen LogP) is 6.41.